The van der Waals surface area contributed by atoms with Crippen molar-refractivity contribution >= 4 is 17.5 Å². The molecule has 1 fully saturated rings. The minimum absolute atomic E-state index is 0.244. The topological polar surface area (TPSA) is 93.6 Å². The zero-order chi connectivity index (χ0) is 22.7. The van der Waals surface area contributed by atoms with Gasteiger partial charge in [0.15, 0.2) is 0 Å². The van der Waals surface area contributed by atoms with Gasteiger partial charge in [0.2, 0.25) is 0 Å². The molecule has 3 heterocycles. The van der Waals surface area contributed by atoms with Crippen LogP contribution < -0.4 is 10.1 Å². The fourth-order valence-electron chi connectivity index (χ4n) is 3.81. The van der Waals surface area contributed by atoms with Crippen LogP contribution in [-0.2, 0) is 22.4 Å². The zero-order valence-electron chi connectivity index (χ0n) is 18.5. The molecule has 7 heteroatoms. The van der Waals surface area contributed by atoms with Gasteiger partial charge in [-0.25, -0.2) is 4.98 Å². The highest BCUT2D eigenvalue weighted by molar-refractivity contribution is 5.76. The van der Waals surface area contributed by atoms with Gasteiger partial charge in [0.05, 0.1) is 18.9 Å². The van der Waals surface area contributed by atoms with Crippen molar-refractivity contribution in [3.05, 3.63) is 71.2 Å². The quantitative estimate of drug-likeness (QED) is 0.525. The van der Waals surface area contributed by atoms with Crippen LogP contribution in [0.4, 0.5) is 11.5 Å². The van der Waals surface area contributed by atoms with Gasteiger partial charge in [-0.2, -0.15) is 0 Å². The number of carbonyl (C=O) groups is 1. The molecule has 0 atom stereocenters. The van der Waals surface area contributed by atoms with Crippen LogP contribution in [0.5, 0.6) is 11.5 Å². The zero-order valence-corrected chi connectivity index (χ0v) is 18.5. The van der Waals surface area contributed by atoms with Crippen LogP contribution in [0.1, 0.15) is 29.4 Å². The smallest absolute Gasteiger partial charge is 0.314 e. The van der Waals surface area contributed by atoms with Crippen molar-refractivity contribution in [3.8, 4) is 11.5 Å². The summed E-state index contributed by atoms with van der Waals surface area (Å²) in [6.07, 6.45) is 2.99. The molecule has 0 bridgehead atoms. The monoisotopic (exact) mass is 433 g/mol. The molecule has 0 aliphatic carbocycles. The van der Waals surface area contributed by atoms with Gasteiger partial charge in [0.1, 0.15) is 22.7 Å². The molecule has 1 aliphatic rings. The number of anilines is 2. The molecule has 3 aromatic rings. The Bertz CT molecular complexity index is 1140. The first-order valence-corrected chi connectivity index (χ1v) is 10.7. The lowest BCUT2D eigenvalue weighted by molar-refractivity contribution is -0.179. The first-order valence-electron chi connectivity index (χ1n) is 10.7. The predicted octanol–water partition coefficient (Wildman–Crippen LogP) is 4.84. The van der Waals surface area contributed by atoms with Crippen LogP contribution in [0.2, 0.25) is 0 Å². The number of benzene rings is 1. The summed E-state index contributed by atoms with van der Waals surface area (Å²) < 4.78 is 11.2. The minimum atomic E-state index is -0.831. The highest BCUT2D eigenvalue weighted by atomic mass is 16.5. The van der Waals surface area contributed by atoms with Gasteiger partial charge in [-0.3, -0.25) is 9.78 Å². The summed E-state index contributed by atoms with van der Waals surface area (Å²) in [6.45, 7) is 6.56. The number of rotatable bonds is 8. The molecule has 0 amide bonds. The molecule has 1 aromatic carbocycles. The first-order chi connectivity index (χ1) is 15.4. The third-order valence-corrected chi connectivity index (χ3v) is 5.71. The number of aromatic nitrogens is 2. The normalized spacial score (nSPS) is 14.5. The molecule has 4 rings (SSSR count). The molecule has 1 aliphatic heterocycles. The Morgan fingerprint density at radius 3 is 2.72 bits per heavy atom. The first kappa shape index (κ1) is 21.8. The van der Waals surface area contributed by atoms with Crippen molar-refractivity contribution in [3.63, 3.8) is 0 Å². The molecular weight excluding hydrogens is 406 g/mol. The number of carboxylic acids is 1. The molecule has 1 saturated heterocycles. The van der Waals surface area contributed by atoms with Gasteiger partial charge in [0, 0.05) is 23.6 Å². The predicted molar refractivity (Wildman–Crippen MR) is 122 cm³/mol. The molecule has 2 N–H and O–H groups in total. The van der Waals surface area contributed by atoms with Crippen molar-refractivity contribution in [2.24, 2.45) is 5.41 Å². The second-order valence-electron chi connectivity index (χ2n) is 8.25. The van der Waals surface area contributed by atoms with Gasteiger partial charge in [-0.1, -0.05) is 19.1 Å². The Morgan fingerprint density at radius 1 is 1.22 bits per heavy atom. The highest BCUT2D eigenvalue weighted by Crippen LogP contribution is 2.33. The van der Waals surface area contributed by atoms with E-state index in [0.717, 1.165) is 40.4 Å². The van der Waals surface area contributed by atoms with Gasteiger partial charge in [0.25, 0.3) is 0 Å². The molecule has 32 heavy (non-hydrogen) atoms. The molecule has 2 aromatic heterocycles. The second-order valence-corrected chi connectivity index (χ2v) is 8.25. The summed E-state index contributed by atoms with van der Waals surface area (Å²) in [6, 6.07) is 13.3. The van der Waals surface area contributed by atoms with Crippen LogP contribution in [-0.4, -0.2) is 34.3 Å². The summed E-state index contributed by atoms with van der Waals surface area (Å²) in [5.74, 6) is 1.19. The summed E-state index contributed by atoms with van der Waals surface area (Å²) in [4.78, 5) is 20.6. The van der Waals surface area contributed by atoms with Crippen LogP contribution in [0, 0.1) is 19.3 Å². The number of ether oxygens (including phenoxy) is 2. The molecule has 0 radical (unpaired) electrons. The van der Waals surface area contributed by atoms with Gasteiger partial charge < -0.3 is 19.9 Å². The van der Waals surface area contributed by atoms with Gasteiger partial charge in [-0.15, -0.1) is 0 Å². The largest absolute Gasteiger partial charge is 0.481 e. The molecular formula is C25H27N3O4. The Labute approximate surface area is 187 Å². The van der Waals surface area contributed by atoms with E-state index >= 15 is 0 Å². The second kappa shape index (κ2) is 8.96. The van der Waals surface area contributed by atoms with E-state index in [1.54, 1.807) is 12.3 Å². The number of pyridine rings is 2. The van der Waals surface area contributed by atoms with E-state index in [4.69, 9.17) is 9.47 Å². The van der Waals surface area contributed by atoms with E-state index in [0.29, 0.717) is 18.0 Å². The summed E-state index contributed by atoms with van der Waals surface area (Å²) >= 11 is 0. The van der Waals surface area contributed by atoms with E-state index in [9.17, 15) is 9.90 Å². The third kappa shape index (κ3) is 4.57. The summed E-state index contributed by atoms with van der Waals surface area (Å²) in [7, 11) is 0. The van der Waals surface area contributed by atoms with E-state index in [-0.39, 0.29) is 13.2 Å². The van der Waals surface area contributed by atoms with Gasteiger partial charge >= 0.3 is 5.97 Å². The lowest BCUT2D eigenvalue weighted by Gasteiger charge is -2.37. The number of nitrogens with one attached hydrogen (secondary N) is 1. The van der Waals surface area contributed by atoms with E-state index in [2.05, 4.69) is 22.2 Å². The Morgan fingerprint density at radius 2 is 2.03 bits per heavy atom. The maximum Gasteiger partial charge on any atom is 0.314 e. The molecule has 0 unspecified atom stereocenters. The van der Waals surface area contributed by atoms with Crippen LogP contribution in [0.25, 0.3) is 0 Å². The average Bonchev–Trinajstić information content (AvgIpc) is 2.73. The third-order valence-electron chi connectivity index (χ3n) is 5.71. The van der Waals surface area contributed by atoms with Crippen molar-refractivity contribution < 1.29 is 19.4 Å². The van der Waals surface area contributed by atoms with Crippen LogP contribution >= 0.6 is 0 Å². The maximum atomic E-state index is 11.6. The van der Waals surface area contributed by atoms with Crippen molar-refractivity contribution in [2.45, 2.75) is 33.6 Å². The number of carboxylic acid groups (broad SMARTS) is 1. The van der Waals surface area contributed by atoms with E-state index in [1.807, 2.05) is 50.2 Å². The van der Waals surface area contributed by atoms with E-state index in [1.165, 1.54) is 0 Å². The van der Waals surface area contributed by atoms with Crippen molar-refractivity contribution in [2.75, 3.05) is 18.5 Å². The van der Waals surface area contributed by atoms with Crippen molar-refractivity contribution in [1.29, 1.82) is 0 Å². The lowest BCUT2D eigenvalue weighted by Crippen LogP contribution is -2.50. The fourth-order valence-corrected chi connectivity index (χ4v) is 3.81. The maximum absolute atomic E-state index is 11.6. The number of hydrogen-bond acceptors (Lipinski definition) is 6. The Hall–Kier alpha value is -3.45. The molecule has 7 nitrogen and oxygen atoms in total. The van der Waals surface area contributed by atoms with Crippen molar-refractivity contribution in [1.82, 2.24) is 9.97 Å². The highest BCUT2D eigenvalue weighted by Gasteiger charge is 2.46. The number of hydrogen-bond donors (Lipinski definition) is 2. The lowest BCUT2D eigenvalue weighted by atomic mass is 9.80. The van der Waals surface area contributed by atoms with Gasteiger partial charge in [-0.05, 0) is 62.1 Å². The average molecular weight is 434 g/mol. The summed E-state index contributed by atoms with van der Waals surface area (Å²) in [5.41, 5.74) is 3.95. The number of nitrogens with zero attached hydrogens (tertiary/aromatic N) is 2. The Balaban J connectivity index is 1.49. The van der Waals surface area contributed by atoms with Crippen LogP contribution in [0.3, 0.4) is 0 Å². The number of aliphatic carboxylic acids is 1. The molecule has 0 saturated carbocycles. The van der Waals surface area contributed by atoms with Crippen LogP contribution in [0.15, 0.2) is 48.7 Å². The van der Waals surface area contributed by atoms with E-state index < -0.39 is 11.4 Å². The summed E-state index contributed by atoms with van der Waals surface area (Å²) in [5, 5.41) is 12.8. The standard InChI is InChI=1S/C25H27N3O4/c1-4-21-16(2)10-22(17(3)27-21)32-20-8-9-26-23(12-20)28-19-7-5-6-18(11-19)13-25(24(29)30)14-31-15-25/h5-12H,4,13-15H2,1-3H3,(H,26,28)(H,29,30). The Kier molecular flexibility index (Phi) is 6.10. The molecule has 166 valence electrons. The number of aryl methyl sites for hydroxylation is 3. The SMILES string of the molecule is CCc1nc(C)c(Oc2ccnc(Nc3cccc(CC4(C(=O)O)COC4)c3)c2)cc1C. The minimum Gasteiger partial charge on any atom is -0.481 e. The fraction of sp³-hybridized carbons (Fsp3) is 0.320. The molecule has 0 spiro atoms.